The van der Waals surface area contributed by atoms with Crippen LogP contribution >= 0.6 is 0 Å². The Balaban J connectivity index is 1.55. The summed E-state index contributed by atoms with van der Waals surface area (Å²) in [5.74, 6) is 0.264. The van der Waals surface area contributed by atoms with Gasteiger partial charge in [-0.05, 0) is 81.8 Å². The lowest BCUT2D eigenvalue weighted by molar-refractivity contribution is 0.00578. The van der Waals surface area contributed by atoms with Crippen molar-refractivity contribution in [3.05, 3.63) is 58.9 Å². The quantitative estimate of drug-likeness (QED) is 0.758. The van der Waals surface area contributed by atoms with Crippen LogP contribution in [-0.4, -0.2) is 18.3 Å². The van der Waals surface area contributed by atoms with Crippen molar-refractivity contribution < 1.29 is 18.4 Å². The molecule has 2 aromatic carbocycles. The fourth-order valence-electron chi connectivity index (χ4n) is 3.68. The SMILES string of the molecule is CC1(C)OB(c2cc(F)ccc2OCc2ccc3c(c2)CCC3)OC1(C)C. The molecule has 1 aliphatic heterocycles. The molecular weight excluding hydrogens is 342 g/mol. The van der Waals surface area contributed by atoms with Crippen molar-refractivity contribution in [2.45, 2.75) is 64.8 Å². The number of hydrogen-bond donors (Lipinski definition) is 0. The number of halogens is 1. The Hall–Kier alpha value is -1.85. The maximum absolute atomic E-state index is 13.9. The topological polar surface area (TPSA) is 27.7 Å². The van der Waals surface area contributed by atoms with Crippen LogP contribution in [0.3, 0.4) is 0 Å². The number of rotatable bonds is 4. The molecule has 1 saturated heterocycles. The van der Waals surface area contributed by atoms with E-state index in [1.807, 2.05) is 27.7 Å². The molecule has 0 saturated carbocycles. The zero-order valence-electron chi connectivity index (χ0n) is 16.5. The van der Waals surface area contributed by atoms with Crippen molar-refractivity contribution in [1.82, 2.24) is 0 Å². The van der Waals surface area contributed by atoms with Crippen LogP contribution < -0.4 is 10.2 Å². The number of fused-ring (bicyclic) bond motifs is 1. The molecule has 0 atom stereocenters. The highest BCUT2D eigenvalue weighted by molar-refractivity contribution is 6.63. The van der Waals surface area contributed by atoms with Crippen LogP contribution in [0.1, 0.15) is 50.8 Å². The molecule has 0 unspecified atom stereocenters. The normalized spacial score (nSPS) is 20.0. The lowest BCUT2D eigenvalue weighted by atomic mass is 9.78. The minimum atomic E-state index is -0.652. The molecule has 2 aliphatic rings. The fourth-order valence-corrected chi connectivity index (χ4v) is 3.68. The van der Waals surface area contributed by atoms with Gasteiger partial charge >= 0.3 is 7.12 Å². The van der Waals surface area contributed by atoms with E-state index in [9.17, 15) is 4.39 Å². The summed E-state index contributed by atoms with van der Waals surface area (Å²) < 4.78 is 32.2. The summed E-state index contributed by atoms with van der Waals surface area (Å²) in [6.45, 7) is 8.37. The Bertz CT molecular complexity index is 847. The van der Waals surface area contributed by atoms with Gasteiger partial charge in [-0.3, -0.25) is 0 Å². The Morgan fingerprint density at radius 2 is 1.67 bits per heavy atom. The maximum atomic E-state index is 13.9. The van der Waals surface area contributed by atoms with Gasteiger partial charge in [-0.2, -0.15) is 0 Å². The van der Waals surface area contributed by atoms with Gasteiger partial charge < -0.3 is 14.0 Å². The van der Waals surface area contributed by atoms with E-state index in [0.717, 1.165) is 12.0 Å². The van der Waals surface area contributed by atoms with Gasteiger partial charge in [0.1, 0.15) is 18.2 Å². The number of aryl methyl sites for hydroxylation is 2. The highest BCUT2D eigenvalue weighted by atomic mass is 19.1. The van der Waals surface area contributed by atoms with E-state index in [0.29, 0.717) is 17.8 Å². The van der Waals surface area contributed by atoms with Gasteiger partial charge in [-0.1, -0.05) is 18.2 Å². The van der Waals surface area contributed by atoms with Crippen LogP contribution in [0.25, 0.3) is 0 Å². The van der Waals surface area contributed by atoms with Crippen LogP contribution in [0.2, 0.25) is 0 Å². The van der Waals surface area contributed by atoms with Gasteiger partial charge in [0.05, 0.1) is 11.2 Å². The summed E-state index contributed by atoms with van der Waals surface area (Å²) in [5, 5.41) is 0. The Morgan fingerprint density at radius 3 is 2.41 bits per heavy atom. The molecule has 0 aromatic heterocycles. The molecule has 0 N–H and O–H groups in total. The van der Waals surface area contributed by atoms with Gasteiger partial charge in [-0.25, -0.2) is 4.39 Å². The second-order valence-electron chi connectivity index (χ2n) is 8.52. The zero-order chi connectivity index (χ0) is 19.2. The molecule has 5 heteroatoms. The molecule has 4 rings (SSSR count). The molecule has 1 aliphatic carbocycles. The van der Waals surface area contributed by atoms with Crippen molar-refractivity contribution in [2.24, 2.45) is 0 Å². The maximum Gasteiger partial charge on any atom is 0.498 e. The summed E-state index contributed by atoms with van der Waals surface area (Å²) in [5.41, 5.74) is 3.61. The van der Waals surface area contributed by atoms with Crippen LogP contribution in [0.5, 0.6) is 5.75 Å². The Labute approximate surface area is 161 Å². The Kier molecular flexibility index (Phi) is 4.56. The van der Waals surface area contributed by atoms with Crippen LogP contribution in [0, 0.1) is 5.82 Å². The molecular formula is C22H26BFO3. The average Bonchev–Trinajstić information content (AvgIpc) is 3.15. The molecule has 142 valence electrons. The van der Waals surface area contributed by atoms with E-state index >= 15 is 0 Å². The van der Waals surface area contributed by atoms with Gasteiger partial charge in [0, 0.05) is 5.46 Å². The summed E-state index contributed by atoms with van der Waals surface area (Å²) in [4.78, 5) is 0. The molecule has 0 spiro atoms. The molecule has 2 aromatic rings. The molecule has 1 fully saturated rings. The number of benzene rings is 2. The van der Waals surface area contributed by atoms with E-state index < -0.39 is 18.3 Å². The second-order valence-corrected chi connectivity index (χ2v) is 8.52. The van der Waals surface area contributed by atoms with Crippen molar-refractivity contribution in [3.8, 4) is 5.75 Å². The smallest absolute Gasteiger partial charge is 0.489 e. The van der Waals surface area contributed by atoms with Crippen molar-refractivity contribution in [2.75, 3.05) is 0 Å². The highest BCUT2D eigenvalue weighted by Crippen LogP contribution is 2.37. The molecule has 0 radical (unpaired) electrons. The molecule has 0 bridgehead atoms. The first kappa shape index (κ1) is 18.5. The lowest BCUT2D eigenvalue weighted by Crippen LogP contribution is -2.41. The monoisotopic (exact) mass is 368 g/mol. The summed E-state index contributed by atoms with van der Waals surface area (Å²) in [7, 11) is -0.652. The minimum Gasteiger partial charge on any atom is -0.489 e. The van der Waals surface area contributed by atoms with E-state index in [1.165, 1.54) is 36.1 Å². The molecule has 1 heterocycles. The summed E-state index contributed by atoms with van der Waals surface area (Å²) >= 11 is 0. The third kappa shape index (κ3) is 3.51. The van der Waals surface area contributed by atoms with Gasteiger partial charge in [0.25, 0.3) is 0 Å². The van der Waals surface area contributed by atoms with Crippen molar-refractivity contribution in [1.29, 1.82) is 0 Å². The minimum absolute atomic E-state index is 0.329. The summed E-state index contributed by atoms with van der Waals surface area (Å²) in [6, 6.07) is 11.0. The third-order valence-electron chi connectivity index (χ3n) is 6.04. The lowest BCUT2D eigenvalue weighted by Gasteiger charge is -2.32. The van der Waals surface area contributed by atoms with Gasteiger partial charge in [0.2, 0.25) is 0 Å². The van der Waals surface area contributed by atoms with E-state index in [1.54, 1.807) is 6.07 Å². The predicted molar refractivity (Wildman–Crippen MR) is 105 cm³/mol. The van der Waals surface area contributed by atoms with Crippen LogP contribution in [0.4, 0.5) is 4.39 Å². The first-order chi connectivity index (χ1) is 12.7. The third-order valence-corrected chi connectivity index (χ3v) is 6.04. The first-order valence-corrected chi connectivity index (χ1v) is 9.64. The largest absolute Gasteiger partial charge is 0.498 e. The fraction of sp³-hybridized carbons (Fsp3) is 0.455. The van der Waals surface area contributed by atoms with Gasteiger partial charge in [0.15, 0.2) is 0 Å². The van der Waals surface area contributed by atoms with E-state index in [2.05, 4.69) is 18.2 Å². The van der Waals surface area contributed by atoms with Crippen molar-refractivity contribution >= 4 is 12.6 Å². The highest BCUT2D eigenvalue weighted by Gasteiger charge is 2.52. The predicted octanol–water partition coefficient (Wildman–Crippen LogP) is 4.19. The number of ether oxygens (including phenoxy) is 1. The van der Waals surface area contributed by atoms with Gasteiger partial charge in [-0.15, -0.1) is 0 Å². The van der Waals surface area contributed by atoms with Crippen LogP contribution in [0.15, 0.2) is 36.4 Å². The van der Waals surface area contributed by atoms with E-state index in [4.69, 9.17) is 14.0 Å². The molecule has 27 heavy (non-hydrogen) atoms. The first-order valence-electron chi connectivity index (χ1n) is 9.64. The number of hydrogen-bond acceptors (Lipinski definition) is 3. The summed E-state index contributed by atoms with van der Waals surface area (Å²) in [6.07, 6.45) is 3.53. The second kappa shape index (κ2) is 6.64. The average molecular weight is 368 g/mol. The Morgan fingerprint density at radius 1 is 0.963 bits per heavy atom. The zero-order valence-corrected chi connectivity index (χ0v) is 16.5. The van der Waals surface area contributed by atoms with Crippen molar-refractivity contribution in [3.63, 3.8) is 0 Å². The van der Waals surface area contributed by atoms with E-state index in [-0.39, 0.29) is 5.82 Å². The molecule has 0 amide bonds. The van der Waals surface area contributed by atoms with Crippen LogP contribution in [-0.2, 0) is 28.8 Å². The molecule has 3 nitrogen and oxygen atoms in total. The standard InChI is InChI=1S/C22H26BFO3/c1-21(2)22(3,4)27-23(26-21)19-13-18(24)10-11-20(19)25-14-15-8-9-16-6-5-7-17(16)12-15/h8-13H,5-7,14H2,1-4H3.